The molecule has 0 aliphatic heterocycles. The van der Waals surface area contributed by atoms with Gasteiger partial charge >= 0.3 is 5.97 Å². The maximum atomic E-state index is 11.8. The summed E-state index contributed by atoms with van der Waals surface area (Å²) in [4.78, 5) is 22.8. The minimum absolute atomic E-state index is 0.310. The molecule has 0 spiro atoms. The zero-order chi connectivity index (χ0) is 13.3. The van der Waals surface area contributed by atoms with Crippen molar-refractivity contribution < 1.29 is 15.0 Å². The average Bonchev–Trinajstić information content (AvgIpc) is 2.76. The van der Waals surface area contributed by atoms with Gasteiger partial charge < -0.3 is 10.2 Å². The van der Waals surface area contributed by atoms with Crippen LogP contribution in [0.15, 0.2) is 29.3 Å². The lowest BCUT2D eigenvalue weighted by atomic mass is 10.3. The van der Waals surface area contributed by atoms with E-state index in [9.17, 15) is 14.7 Å². The first-order valence-corrected chi connectivity index (χ1v) is 5.25. The fraction of sp³-hybridized carbons (Fsp3) is 0.182. The standard InChI is InChI=1S/C11H11N3O4/c1-2-13-6-7(5-12-13)14-9(11(17)18)3-8(15)4-10(14)16/h3-6,15H,2H2,1H3,(H,17,18). The first kappa shape index (κ1) is 11.9. The number of hydrogen-bond donors (Lipinski definition) is 2. The summed E-state index contributed by atoms with van der Waals surface area (Å²) in [6.45, 7) is 2.48. The normalized spacial score (nSPS) is 10.5. The molecule has 2 aromatic heterocycles. The molecule has 0 aliphatic rings. The molecule has 94 valence electrons. The van der Waals surface area contributed by atoms with Crippen molar-refractivity contribution >= 4 is 5.97 Å². The van der Waals surface area contributed by atoms with Crippen molar-refractivity contribution in [3.8, 4) is 11.4 Å². The predicted molar refractivity (Wildman–Crippen MR) is 62.1 cm³/mol. The summed E-state index contributed by atoms with van der Waals surface area (Å²) in [5.74, 6) is -1.68. The molecule has 2 heterocycles. The summed E-state index contributed by atoms with van der Waals surface area (Å²) in [6.07, 6.45) is 2.96. The van der Waals surface area contributed by atoms with Crippen LogP contribution in [0.25, 0.3) is 5.69 Å². The van der Waals surface area contributed by atoms with Crippen molar-refractivity contribution in [1.29, 1.82) is 0 Å². The van der Waals surface area contributed by atoms with Gasteiger partial charge in [-0.2, -0.15) is 5.10 Å². The summed E-state index contributed by atoms with van der Waals surface area (Å²) in [5.41, 5.74) is -0.585. The molecular weight excluding hydrogens is 238 g/mol. The van der Waals surface area contributed by atoms with Gasteiger partial charge in [-0.1, -0.05) is 0 Å². The Bertz CT molecular complexity index is 657. The van der Waals surface area contributed by atoms with Gasteiger partial charge in [0.05, 0.1) is 11.9 Å². The summed E-state index contributed by atoms with van der Waals surface area (Å²) in [7, 11) is 0. The van der Waals surface area contributed by atoms with Gasteiger partial charge in [0.15, 0.2) is 0 Å². The van der Waals surface area contributed by atoms with Crippen LogP contribution in [-0.4, -0.2) is 30.5 Å². The number of carboxylic acids is 1. The lowest BCUT2D eigenvalue weighted by Crippen LogP contribution is -2.23. The number of pyridine rings is 1. The number of carboxylic acid groups (broad SMARTS) is 1. The average molecular weight is 249 g/mol. The fourth-order valence-electron chi connectivity index (χ4n) is 1.62. The molecule has 0 saturated carbocycles. The Hall–Kier alpha value is -2.57. The van der Waals surface area contributed by atoms with Crippen LogP contribution in [0.2, 0.25) is 0 Å². The van der Waals surface area contributed by atoms with Crippen molar-refractivity contribution in [2.75, 3.05) is 0 Å². The van der Waals surface area contributed by atoms with Gasteiger partial charge in [0, 0.05) is 24.9 Å². The second-order valence-electron chi connectivity index (χ2n) is 3.63. The van der Waals surface area contributed by atoms with Gasteiger partial charge in [-0.3, -0.25) is 14.0 Å². The van der Waals surface area contributed by atoms with Crippen LogP contribution in [0, 0.1) is 0 Å². The first-order valence-electron chi connectivity index (χ1n) is 5.25. The summed E-state index contributed by atoms with van der Waals surface area (Å²) >= 11 is 0. The van der Waals surface area contributed by atoms with Gasteiger partial charge in [0.2, 0.25) is 0 Å². The van der Waals surface area contributed by atoms with Crippen molar-refractivity contribution in [3.05, 3.63) is 40.6 Å². The van der Waals surface area contributed by atoms with E-state index in [0.29, 0.717) is 12.2 Å². The second-order valence-corrected chi connectivity index (χ2v) is 3.63. The molecule has 0 aliphatic carbocycles. The third kappa shape index (κ3) is 1.97. The molecule has 2 N–H and O–H groups in total. The predicted octanol–water partition coefficient (Wildman–Crippen LogP) is 0.458. The van der Waals surface area contributed by atoms with Crippen LogP contribution in [0.1, 0.15) is 17.4 Å². The number of hydrogen-bond acceptors (Lipinski definition) is 4. The van der Waals surface area contributed by atoms with E-state index >= 15 is 0 Å². The Morgan fingerprint density at radius 3 is 2.72 bits per heavy atom. The van der Waals surface area contributed by atoms with Crippen molar-refractivity contribution in [1.82, 2.24) is 14.3 Å². The Morgan fingerprint density at radius 2 is 2.17 bits per heavy atom. The number of aromatic carboxylic acids is 1. The van der Waals surface area contributed by atoms with Gasteiger partial charge in [-0.25, -0.2) is 4.79 Å². The first-order chi connectivity index (χ1) is 8.52. The minimum atomic E-state index is -1.30. The van der Waals surface area contributed by atoms with E-state index in [2.05, 4.69) is 5.10 Å². The molecular formula is C11H11N3O4. The number of nitrogens with zero attached hydrogens (tertiary/aromatic N) is 3. The van der Waals surface area contributed by atoms with Gasteiger partial charge in [0.1, 0.15) is 11.4 Å². The topological polar surface area (TPSA) is 97.4 Å². The quantitative estimate of drug-likeness (QED) is 0.823. The molecule has 0 unspecified atom stereocenters. The van der Waals surface area contributed by atoms with Crippen molar-refractivity contribution in [2.45, 2.75) is 13.5 Å². The largest absolute Gasteiger partial charge is 0.508 e. The van der Waals surface area contributed by atoms with Crippen LogP contribution in [-0.2, 0) is 6.54 Å². The van der Waals surface area contributed by atoms with E-state index in [1.807, 2.05) is 6.92 Å². The van der Waals surface area contributed by atoms with E-state index in [4.69, 9.17) is 5.11 Å². The zero-order valence-corrected chi connectivity index (χ0v) is 9.57. The third-order valence-electron chi connectivity index (χ3n) is 2.44. The van der Waals surface area contributed by atoms with E-state index in [-0.39, 0.29) is 11.4 Å². The minimum Gasteiger partial charge on any atom is -0.508 e. The molecule has 0 aromatic carbocycles. The molecule has 0 bridgehead atoms. The van der Waals surface area contributed by atoms with Crippen molar-refractivity contribution in [3.63, 3.8) is 0 Å². The van der Waals surface area contributed by atoms with E-state index in [1.165, 1.54) is 6.20 Å². The second kappa shape index (κ2) is 4.36. The van der Waals surface area contributed by atoms with Crippen LogP contribution < -0.4 is 5.56 Å². The number of carbonyl (C=O) groups is 1. The van der Waals surface area contributed by atoms with Crippen LogP contribution in [0.4, 0.5) is 0 Å². The molecule has 2 rings (SSSR count). The maximum absolute atomic E-state index is 11.8. The molecule has 18 heavy (non-hydrogen) atoms. The molecule has 7 heteroatoms. The Balaban J connectivity index is 2.69. The van der Waals surface area contributed by atoms with E-state index in [0.717, 1.165) is 16.7 Å². The monoisotopic (exact) mass is 249 g/mol. The molecule has 0 amide bonds. The lowest BCUT2D eigenvalue weighted by Gasteiger charge is -2.07. The SMILES string of the molecule is CCn1cc(-n2c(C(=O)O)cc(O)cc2=O)cn1. The smallest absolute Gasteiger partial charge is 0.353 e. The summed E-state index contributed by atoms with van der Waals surface area (Å²) in [5, 5.41) is 22.3. The highest BCUT2D eigenvalue weighted by Crippen LogP contribution is 2.13. The highest BCUT2D eigenvalue weighted by molar-refractivity contribution is 5.86. The Morgan fingerprint density at radius 1 is 1.44 bits per heavy atom. The molecule has 0 fully saturated rings. The van der Waals surface area contributed by atoms with Gasteiger partial charge in [-0.05, 0) is 6.92 Å². The number of rotatable bonds is 3. The highest BCUT2D eigenvalue weighted by atomic mass is 16.4. The molecule has 7 nitrogen and oxygen atoms in total. The van der Waals surface area contributed by atoms with E-state index in [1.54, 1.807) is 10.9 Å². The third-order valence-corrected chi connectivity index (χ3v) is 2.44. The highest BCUT2D eigenvalue weighted by Gasteiger charge is 2.15. The Kier molecular flexibility index (Phi) is 2.88. The van der Waals surface area contributed by atoms with E-state index < -0.39 is 11.5 Å². The van der Waals surface area contributed by atoms with Crippen LogP contribution >= 0.6 is 0 Å². The number of aromatic hydroxyl groups is 1. The molecule has 0 atom stereocenters. The molecule has 0 saturated heterocycles. The fourth-order valence-corrected chi connectivity index (χ4v) is 1.62. The van der Waals surface area contributed by atoms with Gasteiger partial charge in [0.25, 0.3) is 5.56 Å². The van der Waals surface area contributed by atoms with Crippen LogP contribution in [0.3, 0.4) is 0 Å². The number of aromatic nitrogens is 3. The molecule has 2 aromatic rings. The summed E-state index contributed by atoms with van der Waals surface area (Å²) < 4.78 is 2.56. The lowest BCUT2D eigenvalue weighted by molar-refractivity contribution is 0.0686. The molecule has 0 radical (unpaired) electrons. The van der Waals surface area contributed by atoms with Crippen LogP contribution in [0.5, 0.6) is 5.75 Å². The van der Waals surface area contributed by atoms with Gasteiger partial charge in [-0.15, -0.1) is 0 Å². The maximum Gasteiger partial charge on any atom is 0.353 e. The Labute approximate surface area is 102 Å². The number of aryl methyl sites for hydroxylation is 1. The zero-order valence-electron chi connectivity index (χ0n) is 9.57. The van der Waals surface area contributed by atoms with Crippen molar-refractivity contribution in [2.24, 2.45) is 0 Å². The summed E-state index contributed by atoms with van der Waals surface area (Å²) in [6, 6.07) is 1.97.